The van der Waals surface area contributed by atoms with E-state index in [0.717, 1.165) is 0 Å². The number of benzene rings is 1. The molecule has 0 atom stereocenters. The molecule has 0 saturated carbocycles. The van der Waals surface area contributed by atoms with Gasteiger partial charge in [-0.15, -0.1) is 0 Å². The average molecular weight is 434 g/mol. The number of nitrogens with zero attached hydrogens (tertiary/aromatic N) is 6. The van der Waals surface area contributed by atoms with Gasteiger partial charge in [0.1, 0.15) is 11.1 Å². The van der Waals surface area contributed by atoms with Crippen LogP contribution in [0.2, 0.25) is 0 Å². The number of rotatable bonds is 5. The molecule has 0 bridgehead atoms. The van der Waals surface area contributed by atoms with E-state index in [0.29, 0.717) is 38.9 Å². The van der Waals surface area contributed by atoms with E-state index in [9.17, 15) is 9.59 Å². The molecule has 0 aliphatic rings. The van der Waals surface area contributed by atoms with Gasteiger partial charge in [-0.05, 0) is 30.5 Å². The van der Waals surface area contributed by atoms with Crippen molar-refractivity contribution >= 4 is 45.3 Å². The topological polar surface area (TPSA) is 125 Å². The number of hydrogen-bond donors (Lipinski definition) is 1. The molecule has 31 heavy (non-hydrogen) atoms. The van der Waals surface area contributed by atoms with Gasteiger partial charge in [0.15, 0.2) is 28.9 Å². The number of thioether (sulfide) groups is 1. The Balaban J connectivity index is 1.89. The number of aromatic nitrogens is 6. The predicted octanol–water partition coefficient (Wildman–Crippen LogP) is 2.16. The molecule has 5 rings (SSSR count). The van der Waals surface area contributed by atoms with Gasteiger partial charge in [-0.2, -0.15) is 4.52 Å². The molecule has 0 fully saturated rings. The molecule has 1 N–H and O–H groups in total. The van der Waals surface area contributed by atoms with Crippen molar-refractivity contribution in [3.8, 4) is 11.6 Å². The van der Waals surface area contributed by atoms with Crippen LogP contribution in [0.1, 0.15) is 0 Å². The number of carbonyl (C=O) groups is 1. The summed E-state index contributed by atoms with van der Waals surface area (Å²) in [5, 5.41) is 10.4. The summed E-state index contributed by atoms with van der Waals surface area (Å²) in [5.41, 5.74) is 0.936. The standard InChI is InChI=1S/C20H14N6O4S/c1-31-20-22-9-13-17(24-20)23-18-12-6-5-11(30-10-16(27)28)8-14(12)25(26(18)19(13)29)15-4-2-3-7-21-15/h2-9H,10H2,1H3,(H,27,28). The molecule has 4 aromatic heterocycles. The number of fused-ring (bicyclic) bond motifs is 4. The van der Waals surface area contributed by atoms with Crippen molar-refractivity contribution < 1.29 is 14.6 Å². The van der Waals surface area contributed by atoms with Crippen molar-refractivity contribution in [2.75, 3.05) is 12.9 Å². The summed E-state index contributed by atoms with van der Waals surface area (Å²) in [6.07, 6.45) is 4.93. The molecule has 0 aliphatic carbocycles. The van der Waals surface area contributed by atoms with Gasteiger partial charge >= 0.3 is 5.97 Å². The SMILES string of the molecule is CSc1ncc2c(=O)n3c(nc2n1)c1ccc(OCC(=O)O)cc1n3-c1ccccn1. The van der Waals surface area contributed by atoms with Crippen LogP contribution in [0.25, 0.3) is 33.4 Å². The third kappa shape index (κ3) is 3.15. The molecule has 154 valence electrons. The van der Waals surface area contributed by atoms with Gasteiger partial charge in [-0.3, -0.25) is 4.79 Å². The second-order valence-corrected chi connectivity index (χ2v) is 7.28. The lowest BCUT2D eigenvalue weighted by Crippen LogP contribution is -2.22. The zero-order valence-corrected chi connectivity index (χ0v) is 16.9. The van der Waals surface area contributed by atoms with E-state index < -0.39 is 12.6 Å². The van der Waals surface area contributed by atoms with Crippen molar-refractivity contribution in [3.63, 3.8) is 0 Å². The van der Waals surface area contributed by atoms with Crippen molar-refractivity contribution in [1.29, 1.82) is 0 Å². The minimum atomic E-state index is -1.09. The van der Waals surface area contributed by atoms with E-state index in [1.165, 1.54) is 22.5 Å². The van der Waals surface area contributed by atoms with Gasteiger partial charge in [-0.1, -0.05) is 17.8 Å². The Bertz CT molecular complexity index is 1530. The van der Waals surface area contributed by atoms with E-state index in [1.54, 1.807) is 47.3 Å². The Morgan fingerprint density at radius 1 is 1.16 bits per heavy atom. The van der Waals surface area contributed by atoms with E-state index in [-0.39, 0.29) is 10.9 Å². The largest absolute Gasteiger partial charge is 0.482 e. The maximum atomic E-state index is 13.4. The summed E-state index contributed by atoms with van der Waals surface area (Å²) in [4.78, 5) is 41.9. The summed E-state index contributed by atoms with van der Waals surface area (Å²) in [5.74, 6) is -0.252. The molecule has 0 aliphatic heterocycles. The normalized spacial score (nSPS) is 11.4. The first kappa shape index (κ1) is 19.0. The Morgan fingerprint density at radius 2 is 2.03 bits per heavy atom. The molecule has 0 amide bonds. The molecular weight excluding hydrogens is 420 g/mol. The van der Waals surface area contributed by atoms with Crippen LogP contribution in [0.3, 0.4) is 0 Å². The summed E-state index contributed by atoms with van der Waals surface area (Å²) in [6, 6.07) is 10.4. The molecular formula is C20H14N6O4S. The Hall–Kier alpha value is -3.99. The van der Waals surface area contributed by atoms with E-state index >= 15 is 0 Å². The third-order valence-corrected chi connectivity index (χ3v) is 5.19. The molecule has 10 nitrogen and oxygen atoms in total. The number of hydrogen-bond acceptors (Lipinski definition) is 8. The molecule has 4 heterocycles. The number of carboxylic acid groups (broad SMARTS) is 1. The van der Waals surface area contributed by atoms with E-state index in [2.05, 4.69) is 19.9 Å². The quantitative estimate of drug-likeness (QED) is 0.327. The number of aliphatic carboxylic acids is 1. The molecule has 5 aromatic rings. The van der Waals surface area contributed by atoms with Crippen molar-refractivity contribution in [2.45, 2.75) is 5.16 Å². The summed E-state index contributed by atoms with van der Waals surface area (Å²) < 4.78 is 8.37. The van der Waals surface area contributed by atoms with E-state index in [4.69, 9.17) is 9.84 Å². The summed E-state index contributed by atoms with van der Waals surface area (Å²) in [7, 11) is 0. The van der Waals surface area contributed by atoms with Crippen molar-refractivity contribution in [3.05, 3.63) is 59.1 Å². The predicted molar refractivity (Wildman–Crippen MR) is 114 cm³/mol. The third-order valence-electron chi connectivity index (χ3n) is 4.63. The zero-order valence-electron chi connectivity index (χ0n) is 16.1. The molecule has 0 radical (unpaired) electrons. The lowest BCUT2D eigenvalue weighted by molar-refractivity contribution is -0.139. The van der Waals surface area contributed by atoms with Gasteiger partial charge in [0.25, 0.3) is 5.56 Å². The summed E-state index contributed by atoms with van der Waals surface area (Å²) in [6.45, 7) is -0.482. The lowest BCUT2D eigenvalue weighted by Gasteiger charge is -2.08. The summed E-state index contributed by atoms with van der Waals surface area (Å²) >= 11 is 1.36. The van der Waals surface area contributed by atoms with E-state index in [1.807, 2.05) is 6.26 Å². The highest BCUT2D eigenvalue weighted by Crippen LogP contribution is 2.28. The Kier molecular flexibility index (Phi) is 4.51. The van der Waals surface area contributed by atoms with Crippen LogP contribution in [0.15, 0.2) is 58.7 Å². The first-order chi connectivity index (χ1) is 15.1. The smallest absolute Gasteiger partial charge is 0.341 e. The molecule has 0 spiro atoms. The maximum Gasteiger partial charge on any atom is 0.341 e. The van der Waals surface area contributed by atoms with Crippen LogP contribution < -0.4 is 10.3 Å². The Labute approximate surface area is 178 Å². The Morgan fingerprint density at radius 3 is 2.77 bits per heavy atom. The molecule has 0 saturated heterocycles. The van der Waals surface area contributed by atoms with Crippen molar-refractivity contribution in [2.24, 2.45) is 0 Å². The fraction of sp³-hybridized carbons (Fsp3) is 0.100. The van der Waals surface area contributed by atoms with Gasteiger partial charge in [0.2, 0.25) is 0 Å². The van der Waals surface area contributed by atoms with Crippen LogP contribution in [-0.2, 0) is 4.79 Å². The van der Waals surface area contributed by atoms with Gasteiger partial charge in [0.05, 0.1) is 5.52 Å². The number of pyridine rings is 1. The molecule has 0 unspecified atom stereocenters. The highest BCUT2D eigenvalue weighted by atomic mass is 32.2. The van der Waals surface area contributed by atoms with Crippen molar-refractivity contribution in [1.82, 2.24) is 29.1 Å². The minimum Gasteiger partial charge on any atom is -0.482 e. The van der Waals surface area contributed by atoms with Gasteiger partial charge in [-0.25, -0.2) is 29.4 Å². The van der Waals surface area contributed by atoms with Crippen LogP contribution in [0, 0.1) is 0 Å². The average Bonchev–Trinajstić information content (AvgIpc) is 3.11. The van der Waals surface area contributed by atoms with Gasteiger partial charge in [0, 0.05) is 23.8 Å². The van der Waals surface area contributed by atoms with Crippen LogP contribution >= 0.6 is 11.8 Å². The fourth-order valence-corrected chi connectivity index (χ4v) is 3.67. The first-order valence-corrected chi connectivity index (χ1v) is 10.3. The highest BCUT2D eigenvalue weighted by molar-refractivity contribution is 7.98. The molecule has 11 heteroatoms. The second-order valence-electron chi connectivity index (χ2n) is 6.51. The number of carboxylic acids is 1. The second kappa shape index (κ2) is 7.36. The molecule has 1 aromatic carbocycles. The van der Waals surface area contributed by atoms with Crippen LogP contribution in [-0.4, -0.2) is 53.1 Å². The number of ether oxygens (including phenoxy) is 1. The highest BCUT2D eigenvalue weighted by Gasteiger charge is 2.19. The minimum absolute atomic E-state index is 0.276. The van der Waals surface area contributed by atoms with Gasteiger partial charge < -0.3 is 9.84 Å². The first-order valence-electron chi connectivity index (χ1n) is 9.11. The lowest BCUT2D eigenvalue weighted by atomic mass is 10.2. The fourth-order valence-electron chi connectivity index (χ4n) is 3.33. The zero-order chi connectivity index (χ0) is 21.5. The maximum absolute atomic E-state index is 13.4. The van der Waals surface area contributed by atoms with Crippen LogP contribution in [0.5, 0.6) is 5.75 Å². The monoisotopic (exact) mass is 434 g/mol. The van der Waals surface area contributed by atoms with Crippen LogP contribution in [0.4, 0.5) is 0 Å².